The predicted molar refractivity (Wildman–Crippen MR) is 73.0 cm³/mol. The molecule has 0 aromatic heterocycles. The van der Waals surface area contributed by atoms with Crippen molar-refractivity contribution in [1.29, 1.82) is 0 Å². The Hall–Kier alpha value is -0.860. The van der Waals surface area contributed by atoms with Crippen LogP contribution in [-0.2, 0) is 6.54 Å². The lowest BCUT2D eigenvalue weighted by Gasteiger charge is -2.41. The fraction of sp³-hybridized carbons (Fsp3) is 0.600. The minimum absolute atomic E-state index is 0.403. The Morgan fingerprint density at radius 1 is 1.24 bits per heavy atom. The molecule has 0 heterocycles. The summed E-state index contributed by atoms with van der Waals surface area (Å²) in [6.07, 6.45) is 3.94. The smallest absolute Gasteiger partial charge is 0.0205 e. The third kappa shape index (κ3) is 2.88. The fourth-order valence-electron chi connectivity index (χ4n) is 2.52. The summed E-state index contributed by atoms with van der Waals surface area (Å²) in [5, 5.41) is 3.56. The second-order valence-electron chi connectivity index (χ2n) is 5.58. The zero-order chi connectivity index (χ0) is 12.3. The molecule has 1 aliphatic carbocycles. The summed E-state index contributed by atoms with van der Waals surface area (Å²) in [5.74, 6) is 0. The monoisotopic (exact) mass is 232 g/mol. The Balaban J connectivity index is 1.83. The minimum Gasteiger partial charge on any atom is -0.330 e. The zero-order valence-electron chi connectivity index (χ0n) is 11.1. The van der Waals surface area contributed by atoms with Crippen molar-refractivity contribution in [1.82, 2.24) is 5.32 Å². The first-order valence-corrected chi connectivity index (χ1v) is 6.62. The summed E-state index contributed by atoms with van der Waals surface area (Å²) in [6, 6.07) is 6.69. The minimum atomic E-state index is 0.403. The molecule has 1 fully saturated rings. The van der Waals surface area contributed by atoms with Gasteiger partial charge in [-0.2, -0.15) is 0 Å². The number of hydrogen-bond acceptors (Lipinski definition) is 2. The van der Waals surface area contributed by atoms with Crippen molar-refractivity contribution in [3.05, 3.63) is 34.9 Å². The highest BCUT2D eigenvalue weighted by molar-refractivity contribution is 5.29. The van der Waals surface area contributed by atoms with E-state index in [4.69, 9.17) is 5.73 Å². The Morgan fingerprint density at radius 2 is 2.00 bits per heavy atom. The van der Waals surface area contributed by atoms with Crippen molar-refractivity contribution in [2.75, 3.05) is 13.1 Å². The third-order valence-corrected chi connectivity index (χ3v) is 4.25. The maximum Gasteiger partial charge on any atom is 0.0205 e. The molecule has 0 atom stereocenters. The van der Waals surface area contributed by atoms with Gasteiger partial charge in [0, 0.05) is 13.1 Å². The number of rotatable bonds is 5. The van der Waals surface area contributed by atoms with Crippen LogP contribution in [0.2, 0.25) is 0 Å². The van der Waals surface area contributed by atoms with E-state index in [-0.39, 0.29) is 0 Å². The number of nitrogens with two attached hydrogens (primary N) is 1. The van der Waals surface area contributed by atoms with Crippen LogP contribution in [0.25, 0.3) is 0 Å². The van der Waals surface area contributed by atoms with Crippen molar-refractivity contribution in [3.8, 4) is 0 Å². The highest BCUT2D eigenvalue weighted by Gasteiger charge is 2.34. The quantitative estimate of drug-likeness (QED) is 0.818. The molecule has 0 amide bonds. The second-order valence-corrected chi connectivity index (χ2v) is 5.58. The summed E-state index contributed by atoms with van der Waals surface area (Å²) < 4.78 is 0. The molecule has 0 aliphatic heterocycles. The van der Waals surface area contributed by atoms with Crippen LogP contribution < -0.4 is 11.1 Å². The molecule has 1 aromatic carbocycles. The van der Waals surface area contributed by atoms with E-state index in [1.807, 2.05) is 0 Å². The Labute approximate surface area is 105 Å². The number of aryl methyl sites for hydroxylation is 2. The second kappa shape index (κ2) is 5.19. The molecule has 1 saturated carbocycles. The van der Waals surface area contributed by atoms with Gasteiger partial charge in [-0.3, -0.25) is 0 Å². The number of benzene rings is 1. The number of hydrogen-bond donors (Lipinski definition) is 2. The first kappa shape index (κ1) is 12.6. The van der Waals surface area contributed by atoms with Gasteiger partial charge in [0.05, 0.1) is 0 Å². The van der Waals surface area contributed by atoms with Crippen molar-refractivity contribution >= 4 is 0 Å². The molecule has 1 aromatic rings. The lowest BCUT2D eigenvalue weighted by Crippen LogP contribution is -2.45. The molecular weight excluding hydrogens is 208 g/mol. The van der Waals surface area contributed by atoms with Gasteiger partial charge in [-0.15, -0.1) is 0 Å². The lowest BCUT2D eigenvalue weighted by molar-refractivity contribution is 0.141. The van der Waals surface area contributed by atoms with Gasteiger partial charge < -0.3 is 11.1 Å². The normalized spacial score (nSPS) is 17.8. The Kier molecular flexibility index (Phi) is 3.85. The summed E-state index contributed by atoms with van der Waals surface area (Å²) in [7, 11) is 0. The van der Waals surface area contributed by atoms with Gasteiger partial charge in [0.25, 0.3) is 0 Å². The van der Waals surface area contributed by atoms with Gasteiger partial charge in [-0.1, -0.05) is 24.6 Å². The van der Waals surface area contributed by atoms with Crippen LogP contribution in [0.3, 0.4) is 0 Å². The van der Waals surface area contributed by atoms with Crippen LogP contribution in [-0.4, -0.2) is 13.1 Å². The molecule has 0 radical (unpaired) electrons. The van der Waals surface area contributed by atoms with Crippen LogP contribution in [0.15, 0.2) is 18.2 Å². The van der Waals surface area contributed by atoms with Crippen molar-refractivity contribution < 1.29 is 0 Å². The Morgan fingerprint density at radius 3 is 2.53 bits per heavy atom. The molecule has 1 aliphatic rings. The predicted octanol–water partition coefficient (Wildman–Crippen LogP) is 2.52. The Bertz CT molecular complexity index is 375. The van der Waals surface area contributed by atoms with Crippen LogP contribution in [0.4, 0.5) is 0 Å². The van der Waals surface area contributed by atoms with Crippen LogP contribution in [0.5, 0.6) is 0 Å². The first-order chi connectivity index (χ1) is 8.15. The molecular formula is C15H24N2. The van der Waals surface area contributed by atoms with E-state index in [1.165, 1.54) is 36.0 Å². The average molecular weight is 232 g/mol. The molecule has 2 nitrogen and oxygen atoms in total. The fourth-order valence-corrected chi connectivity index (χ4v) is 2.52. The number of nitrogens with one attached hydrogen (secondary N) is 1. The maximum atomic E-state index is 5.85. The van der Waals surface area contributed by atoms with E-state index in [1.54, 1.807) is 0 Å². The van der Waals surface area contributed by atoms with E-state index in [9.17, 15) is 0 Å². The van der Waals surface area contributed by atoms with Crippen molar-refractivity contribution in [2.24, 2.45) is 11.1 Å². The molecule has 0 bridgehead atoms. The summed E-state index contributed by atoms with van der Waals surface area (Å²) >= 11 is 0. The van der Waals surface area contributed by atoms with E-state index in [0.29, 0.717) is 5.41 Å². The van der Waals surface area contributed by atoms with E-state index >= 15 is 0 Å². The van der Waals surface area contributed by atoms with Gasteiger partial charge in [-0.05, 0) is 55.3 Å². The molecule has 0 spiro atoms. The molecule has 94 valence electrons. The van der Waals surface area contributed by atoms with Crippen molar-refractivity contribution in [3.63, 3.8) is 0 Å². The highest BCUT2D eigenvalue weighted by Crippen LogP contribution is 2.39. The molecule has 0 saturated heterocycles. The molecule has 2 rings (SSSR count). The van der Waals surface area contributed by atoms with Gasteiger partial charge in [-0.25, -0.2) is 0 Å². The van der Waals surface area contributed by atoms with Crippen LogP contribution in [0, 0.1) is 19.3 Å². The van der Waals surface area contributed by atoms with E-state index in [2.05, 4.69) is 37.4 Å². The maximum absolute atomic E-state index is 5.85. The summed E-state index contributed by atoms with van der Waals surface area (Å²) in [6.45, 7) is 7.18. The van der Waals surface area contributed by atoms with Gasteiger partial charge in [0.15, 0.2) is 0 Å². The molecule has 3 N–H and O–H groups in total. The first-order valence-electron chi connectivity index (χ1n) is 6.62. The standard InChI is InChI=1S/C15H24N2/c1-12-4-5-14(8-13(12)2)9-17-11-15(10-16)6-3-7-15/h4-5,8,17H,3,6-7,9-11,16H2,1-2H3. The lowest BCUT2D eigenvalue weighted by atomic mass is 9.69. The third-order valence-electron chi connectivity index (χ3n) is 4.25. The SMILES string of the molecule is Cc1ccc(CNCC2(CN)CCC2)cc1C. The van der Waals surface area contributed by atoms with E-state index in [0.717, 1.165) is 19.6 Å². The van der Waals surface area contributed by atoms with Crippen LogP contribution >= 0.6 is 0 Å². The van der Waals surface area contributed by atoms with Gasteiger partial charge >= 0.3 is 0 Å². The molecule has 0 unspecified atom stereocenters. The zero-order valence-corrected chi connectivity index (χ0v) is 11.1. The topological polar surface area (TPSA) is 38.0 Å². The summed E-state index contributed by atoms with van der Waals surface area (Å²) in [4.78, 5) is 0. The average Bonchev–Trinajstić information content (AvgIpc) is 2.27. The molecule has 2 heteroatoms. The molecule has 17 heavy (non-hydrogen) atoms. The van der Waals surface area contributed by atoms with E-state index < -0.39 is 0 Å². The van der Waals surface area contributed by atoms with Gasteiger partial charge in [0.1, 0.15) is 0 Å². The van der Waals surface area contributed by atoms with Crippen LogP contribution in [0.1, 0.15) is 36.0 Å². The highest BCUT2D eigenvalue weighted by atomic mass is 14.9. The van der Waals surface area contributed by atoms with Gasteiger partial charge in [0.2, 0.25) is 0 Å². The van der Waals surface area contributed by atoms with Crippen molar-refractivity contribution in [2.45, 2.75) is 39.7 Å². The largest absolute Gasteiger partial charge is 0.330 e. The summed E-state index contributed by atoms with van der Waals surface area (Å²) in [5.41, 5.74) is 10.4.